The monoisotopic (exact) mass is 439 g/mol. The summed E-state index contributed by atoms with van der Waals surface area (Å²) < 4.78 is 12.7. The van der Waals surface area contributed by atoms with Crippen LogP contribution in [-0.4, -0.2) is 73.2 Å². The van der Waals surface area contributed by atoms with E-state index in [1.807, 2.05) is 6.92 Å². The van der Waals surface area contributed by atoms with Gasteiger partial charge in [-0.2, -0.15) is 11.8 Å². The number of aliphatic hydroxyl groups is 2. The van der Waals surface area contributed by atoms with E-state index in [1.165, 1.54) is 18.1 Å². The minimum atomic E-state index is -1.11. The van der Waals surface area contributed by atoms with Crippen molar-refractivity contribution in [1.29, 1.82) is 0 Å². The van der Waals surface area contributed by atoms with Gasteiger partial charge >= 0.3 is 5.97 Å². The fourth-order valence-electron chi connectivity index (χ4n) is 3.24. The van der Waals surface area contributed by atoms with Gasteiger partial charge in [0.15, 0.2) is 6.23 Å². The van der Waals surface area contributed by atoms with Crippen LogP contribution in [0.15, 0.2) is 18.6 Å². The van der Waals surface area contributed by atoms with Gasteiger partial charge in [-0.3, -0.25) is 4.79 Å². The molecule has 0 bridgehead atoms. The van der Waals surface area contributed by atoms with Crippen molar-refractivity contribution < 1.29 is 24.5 Å². The molecule has 0 saturated carbocycles. The molecule has 3 rings (SSSR count). The highest BCUT2D eigenvalue weighted by Gasteiger charge is 2.43. The summed E-state index contributed by atoms with van der Waals surface area (Å²) in [6, 6.07) is 1.08. The van der Waals surface area contributed by atoms with Gasteiger partial charge in [0.1, 0.15) is 36.0 Å². The molecule has 0 aliphatic carbocycles. The van der Waals surface area contributed by atoms with Crippen molar-refractivity contribution in [3.8, 4) is 0 Å². The van der Waals surface area contributed by atoms with Gasteiger partial charge in [-0.25, -0.2) is 9.97 Å². The van der Waals surface area contributed by atoms with Crippen molar-refractivity contribution in [2.75, 3.05) is 23.8 Å². The first-order valence-electron chi connectivity index (χ1n) is 10.0. The Bertz CT molecular complexity index is 850. The van der Waals surface area contributed by atoms with Crippen molar-refractivity contribution in [2.24, 2.45) is 5.73 Å². The Kier molecular flexibility index (Phi) is 7.89. The van der Waals surface area contributed by atoms with Gasteiger partial charge in [-0.1, -0.05) is 13.3 Å². The smallest absolute Gasteiger partial charge is 0.322 e. The second-order valence-corrected chi connectivity index (χ2v) is 8.41. The summed E-state index contributed by atoms with van der Waals surface area (Å²) in [7, 11) is 0. The third-order valence-electron chi connectivity index (χ3n) is 5.05. The number of nitrogens with zero attached hydrogens (tertiary/aromatic N) is 3. The number of aliphatic hydroxyl groups excluding tert-OH is 2. The second-order valence-electron chi connectivity index (χ2n) is 7.26. The molecular formula is C19H29N5O5S. The molecule has 0 amide bonds. The summed E-state index contributed by atoms with van der Waals surface area (Å²) in [6.45, 7) is 2.41. The Balaban J connectivity index is 1.50. The molecule has 1 saturated heterocycles. The highest BCUT2D eigenvalue weighted by atomic mass is 32.2. The first-order valence-corrected chi connectivity index (χ1v) is 11.2. The molecule has 2 aromatic rings. The van der Waals surface area contributed by atoms with E-state index in [0.717, 1.165) is 12.8 Å². The Labute approximate surface area is 178 Å². The van der Waals surface area contributed by atoms with Crippen LogP contribution in [0.3, 0.4) is 0 Å². The molecule has 11 heteroatoms. The maximum Gasteiger partial charge on any atom is 0.322 e. The minimum absolute atomic E-state index is 0.337. The van der Waals surface area contributed by atoms with Crippen LogP contribution in [0.1, 0.15) is 32.4 Å². The lowest BCUT2D eigenvalue weighted by Gasteiger charge is -2.17. The van der Waals surface area contributed by atoms with Gasteiger partial charge in [0.05, 0.1) is 18.1 Å². The molecular weight excluding hydrogens is 410 g/mol. The zero-order valence-corrected chi connectivity index (χ0v) is 17.7. The summed E-state index contributed by atoms with van der Waals surface area (Å²) in [5.41, 5.74) is 12.2. The lowest BCUT2D eigenvalue weighted by molar-refractivity contribution is -0.145. The zero-order valence-electron chi connectivity index (χ0n) is 16.9. The Morgan fingerprint density at radius 3 is 2.97 bits per heavy atom. The van der Waals surface area contributed by atoms with Crippen LogP contribution in [0.2, 0.25) is 0 Å². The highest BCUT2D eigenvalue weighted by molar-refractivity contribution is 7.99. The van der Waals surface area contributed by atoms with E-state index in [1.54, 1.807) is 16.8 Å². The van der Waals surface area contributed by atoms with Crippen LogP contribution >= 0.6 is 11.8 Å². The predicted octanol–water partition coefficient (Wildman–Crippen LogP) is 0.427. The average Bonchev–Trinajstić information content (AvgIpc) is 3.28. The Hall–Kier alpha value is -1.92. The summed E-state index contributed by atoms with van der Waals surface area (Å²) in [5.74, 6) is 0.997. The standard InChI is InChI=1S/C19H29N5O5S/c1-2-3-7-28-19(27)12(20)5-8-30-9-13-14(25)15(26)18(29-13)24-6-4-11-16(21)22-10-23-17(11)24/h4,6,10,12-15,18,25-26H,2-3,5,7-9,20H2,1H3,(H2,21,22,23). The SMILES string of the molecule is CCCCOC(=O)C(N)CCSCC1OC(n2ccc3c(N)ncnc32)C(O)C1O. The number of esters is 1. The molecule has 5 unspecified atom stereocenters. The number of nitrogens with two attached hydrogens (primary N) is 2. The molecule has 1 fully saturated rings. The van der Waals surface area contributed by atoms with E-state index in [4.69, 9.17) is 20.9 Å². The van der Waals surface area contributed by atoms with E-state index in [9.17, 15) is 15.0 Å². The van der Waals surface area contributed by atoms with Gasteiger partial charge < -0.3 is 35.7 Å². The fraction of sp³-hybridized carbons (Fsp3) is 0.632. The van der Waals surface area contributed by atoms with Crippen LogP contribution in [-0.2, 0) is 14.3 Å². The molecule has 5 atom stereocenters. The molecule has 0 radical (unpaired) electrons. The van der Waals surface area contributed by atoms with Gasteiger partial charge in [0.25, 0.3) is 0 Å². The number of carbonyl (C=O) groups is 1. The van der Waals surface area contributed by atoms with Gasteiger partial charge in [-0.05, 0) is 24.7 Å². The van der Waals surface area contributed by atoms with Crippen molar-refractivity contribution in [3.05, 3.63) is 18.6 Å². The molecule has 6 N–H and O–H groups in total. The summed E-state index contributed by atoms with van der Waals surface area (Å²) in [6.07, 6.45) is 1.77. The number of nitrogen functional groups attached to an aromatic ring is 1. The van der Waals surface area contributed by atoms with Crippen LogP contribution in [0.5, 0.6) is 0 Å². The number of anilines is 1. The molecule has 1 aliphatic rings. The van der Waals surface area contributed by atoms with Crippen LogP contribution in [0.4, 0.5) is 5.82 Å². The molecule has 0 spiro atoms. The minimum Gasteiger partial charge on any atom is -0.465 e. The number of hydrogen-bond donors (Lipinski definition) is 4. The fourth-order valence-corrected chi connectivity index (χ4v) is 4.34. The summed E-state index contributed by atoms with van der Waals surface area (Å²) >= 11 is 1.50. The third-order valence-corrected chi connectivity index (χ3v) is 6.14. The second kappa shape index (κ2) is 10.4. The molecule has 10 nitrogen and oxygen atoms in total. The van der Waals surface area contributed by atoms with Gasteiger partial charge in [-0.15, -0.1) is 0 Å². The van der Waals surface area contributed by atoms with E-state index in [-0.39, 0.29) is 0 Å². The molecule has 2 aromatic heterocycles. The number of thioether (sulfide) groups is 1. The van der Waals surface area contributed by atoms with Crippen molar-refractivity contribution in [1.82, 2.24) is 14.5 Å². The molecule has 166 valence electrons. The largest absolute Gasteiger partial charge is 0.465 e. The number of unbranched alkanes of at least 4 members (excludes halogenated alkanes) is 1. The Morgan fingerprint density at radius 2 is 2.20 bits per heavy atom. The zero-order chi connectivity index (χ0) is 21.7. The van der Waals surface area contributed by atoms with E-state index in [2.05, 4.69) is 9.97 Å². The first kappa shape index (κ1) is 22.8. The summed E-state index contributed by atoms with van der Waals surface area (Å²) in [5, 5.41) is 21.6. The first-order chi connectivity index (χ1) is 14.4. The van der Waals surface area contributed by atoms with Gasteiger partial charge in [0, 0.05) is 11.9 Å². The van der Waals surface area contributed by atoms with Crippen molar-refractivity contribution >= 4 is 34.6 Å². The van der Waals surface area contributed by atoms with E-state index >= 15 is 0 Å². The Morgan fingerprint density at radius 1 is 1.40 bits per heavy atom. The van der Waals surface area contributed by atoms with Crippen LogP contribution in [0.25, 0.3) is 11.0 Å². The topological polar surface area (TPSA) is 159 Å². The number of aromatic nitrogens is 3. The third kappa shape index (κ3) is 5.03. The predicted molar refractivity (Wildman–Crippen MR) is 114 cm³/mol. The quantitative estimate of drug-likeness (QED) is 0.302. The summed E-state index contributed by atoms with van der Waals surface area (Å²) in [4.78, 5) is 19.9. The number of hydrogen-bond acceptors (Lipinski definition) is 10. The maximum atomic E-state index is 11.8. The average molecular weight is 440 g/mol. The number of ether oxygens (including phenoxy) is 2. The van der Waals surface area contributed by atoms with Gasteiger partial charge in [0.2, 0.25) is 0 Å². The van der Waals surface area contributed by atoms with Crippen molar-refractivity contribution in [3.63, 3.8) is 0 Å². The number of carbonyl (C=O) groups excluding carboxylic acids is 1. The molecule has 1 aliphatic heterocycles. The normalized spacial score (nSPS) is 24.9. The molecule has 30 heavy (non-hydrogen) atoms. The lowest BCUT2D eigenvalue weighted by atomic mass is 10.1. The van der Waals surface area contributed by atoms with Crippen LogP contribution in [0, 0.1) is 0 Å². The van der Waals surface area contributed by atoms with E-state index in [0.29, 0.717) is 41.4 Å². The van der Waals surface area contributed by atoms with E-state index < -0.39 is 36.6 Å². The number of rotatable bonds is 10. The molecule has 0 aromatic carbocycles. The highest BCUT2D eigenvalue weighted by Crippen LogP contribution is 2.34. The maximum absolute atomic E-state index is 11.8. The van der Waals surface area contributed by atoms with Crippen LogP contribution < -0.4 is 11.5 Å². The lowest BCUT2D eigenvalue weighted by Crippen LogP contribution is -2.34. The number of fused-ring (bicyclic) bond motifs is 1. The van der Waals surface area contributed by atoms with Crippen molar-refractivity contribution in [2.45, 2.75) is 56.8 Å². The molecule has 3 heterocycles.